The molecule has 0 spiro atoms. The number of rotatable bonds is 8. The van der Waals surface area contributed by atoms with Gasteiger partial charge in [-0.1, -0.05) is 13.0 Å². The van der Waals surface area contributed by atoms with Crippen molar-refractivity contribution >= 4 is 5.95 Å². The summed E-state index contributed by atoms with van der Waals surface area (Å²) >= 11 is 0. The molecule has 25 heavy (non-hydrogen) atoms. The molecule has 0 bridgehead atoms. The predicted molar refractivity (Wildman–Crippen MR) is 94.4 cm³/mol. The molecule has 1 atom stereocenters. The van der Waals surface area contributed by atoms with Gasteiger partial charge in [0.1, 0.15) is 23.9 Å². The number of ether oxygens (including phenoxy) is 2. The van der Waals surface area contributed by atoms with Gasteiger partial charge in [0.25, 0.3) is 0 Å². The van der Waals surface area contributed by atoms with E-state index >= 15 is 0 Å². The molecule has 0 aliphatic carbocycles. The van der Waals surface area contributed by atoms with Gasteiger partial charge in [-0.25, -0.2) is 4.98 Å². The van der Waals surface area contributed by atoms with Gasteiger partial charge in [0.2, 0.25) is 5.95 Å². The number of aromatic nitrogens is 3. The summed E-state index contributed by atoms with van der Waals surface area (Å²) in [7, 11) is 1.64. The number of hydrogen-bond donors (Lipinski definition) is 1. The Kier molecular flexibility index (Phi) is 9.15. The zero-order valence-electron chi connectivity index (χ0n) is 15.5. The minimum absolute atomic E-state index is 0. The molecule has 7 heteroatoms. The van der Waals surface area contributed by atoms with Crippen molar-refractivity contribution in [1.82, 2.24) is 15.0 Å². The van der Waals surface area contributed by atoms with Gasteiger partial charge in [0.15, 0.2) is 0 Å². The molecule has 6 nitrogen and oxygen atoms in total. The molecule has 1 aromatic carbocycles. The molecule has 0 amide bonds. The maximum absolute atomic E-state index is 5.86. The molecule has 2 aromatic rings. The molecular formula is C18H25N4O2Y-. The smallest absolute Gasteiger partial charge is 0.223 e. The van der Waals surface area contributed by atoms with E-state index in [1.807, 2.05) is 45.0 Å². The van der Waals surface area contributed by atoms with E-state index < -0.39 is 0 Å². The van der Waals surface area contributed by atoms with Gasteiger partial charge in [-0.2, -0.15) is 18.8 Å². The van der Waals surface area contributed by atoms with Gasteiger partial charge < -0.3 is 20.7 Å². The molecule has 133 valence electrons. The summed E-state index contributed by atoms with van der Waals surface area (Å²) in [6, 6.07) is 7.68. The van der Waals surface area contributed by atoms with E-state index in [2.05, 4.69) is 27.2 Å². The van der Waals surface area contributed by atoms with Crippen LogP contribution in [0.1, 0.15) is 38.8 Å². The predicted octanol–water partition coefficient (Wildman–Crippen LogP) is 3.42. The Bertz CT molecular complexity index is 667. The van der Waals surface area contributed by atoms with E-state index in [-0.39, 0.29) is 38.8 Å². The normalized spacial score (nSPS) is 11.2. The van der Waals surface area contributed by atoms with Crippen LogP contribution in [0.5, 0.6) is 11.5 Å². The Hall–Kier alpha value is -1.40. The monoisotopic (exact) mass is 418 g/mol. The first-order chi connectivity index (χ1) is 11.5. The van der Waals surface area contributed by atoms with Crippen molar-refractivity contribution in [3.63, 3.8) is 0 Å². The third-order valence-electron chi connectivity index (χ3n) is 3.51. The average Bonchev–Trinajstić information content (AvgIpc) is 2.58. The van der Waals surface area contributed by atoms with Gasteiger partial charge in [-0.15, -0.1) is 0 Å². The molecule has 1 N–H and O–H groups in total. The maximum atomic E-state index is 5.86. The molecule has 2 rings (SSSR count). The third kappa shape index (κ3) is 6.79. The van der Waals surface area contributed by atoms with Crippen LogP contribution in [0, 0.1) is 12.8 Å². The van der Waals surface area contributed by atoms with Crippen molar-refractivity contribution in [2.75, 3.05) is 19.0 Å². The van der Waals surface area contributed by atoms with E-state index in [0.29, 0.717) is 24.2 Å². The third-order valence-corrected chi connectivity index (χ3v) is 3.51. The number of methoxy groups -OCH3 is 1. The second kappa shape index (κ2) is 10.6. The maximum Gasteiger partial charge on any atom is 0.223 e. The van der Waals surface area contributed by atoms with Gasteiger partial charge in [-0.05, 0) is 25.5 Å². The van der Waals surface area contributed by atoms with Crippen molar-refractivity contribution in [3.8, 4) is 11.5 Å². The van der Waals surface area contributed by atoms with Crippen LogP contribution in [0.2, 0.25) is 0 Å². The van der Waals surface area contributed by atoms with Crippen LogP contribution < -0.4 is 14.8 Å². The minimum Gasteiger partial charge on any atom is -0.497 e. The Balaban J connectivity index is 0.00000312. The SMILES string of the molecule is CCC(COc1cccc(OC)c1)Nc1nc(C)nc([C-](C)C)n1.[Y]. The van der Waals surface area contributed by atoms with Crippen molar-refractivity contribution in [3.05, 3.63) is 41.8 Å². The largest absolute Gasteiger partial charge is 0.497 e. The Labute approximate surface area is 175 Å². The van der Waals surface area contributed by atoms with Gasteiger partial charge >= 0.3 is 0 Å². The fourth-order valence-corrected chi connectivity index (χ4v) is 2.10. The van der Waals surface area contributed by atoms with Crippen molar-refractivity contribution < 1.29 is 42.2 Å². The van der Waals surface area contributed by atoms with Gasteiger partial charge in [0, 0.05) is 44.6 Å². The molecule has 0 aliphatic rings. The van der Waals surface area contributed by atoms with E-state index in [0.717, 1.165) is 23.8 Å². The second-order valence-electron chi connectivity index (χ2n) is 5.77. The summed E-state index contributed by atoms with van der Waals surface area (Å²) < 4.78 is 11.1. The molecule has 0 saturated heterocycles. The summed E-state index contributed by atoms with van der Waals surface area (Å²) in [6.07, 6.45) is 0.888. The molecule has 1 aromatic heterocycles. The molecular weight excluding hydrogens is 393 g/mol. The van der Waals surface area contributed by atoms with Crippen molar-refractivity contribution in [1.29, 1.82) is 0 Å². The number of hydrogen-bond acceptors (Lipinski definition) is 6. The average molecular weight is 418 g/mol. The molecule has 0 aliphatic heterocycles. The van der Waals surface area contributed by atoms with Crippen molar-refractivity contribution in [2.45, 2.75) is 40.2 Å². The molecule has 1 radical (unpaired) electrons. The molecule has 1 heterocycles. The Morgan fingerprint density at radius 1 is 1.16 bits per heavy atom. The summed E-state index contributed by atoms with van der Waals surface area (Å²) in [5.41, 5.74) is 0. The fourth-order valence-electron chi connectivity index (χ4n) is 2.10. The first-order valence-electron chi connectivity index (χ1n) is 8.08. The first-order valence-corrected chi connectivity index (χ1v) is 8.08. The van der Waals surface area contributed by atoms with Crippen LogP contribution in [0.4, 0.5) is 5.95 Å². The number of nitrogens with one attached hydrogen (secondary N) is 1. The van der Waals surface area contributed by atoms with Crippen LogP contribution >= 0.6 is 0 Å². The van der Waals surface area contributed by atoms with E-state index in [4.69, 9.17) is 9.47 Å². The van der Waals surface area contributed by atoms with Crippen LogP contribution in [0.25, 0.3) is 0 Å². The fraction of sp³-hybridized carbons (Fsp3) is 0.444. The zero-order valence-corrected chi connectivity index (χ0v) is 18.4. The molecule has 0 saturated carbocycles. The van der Waals surface area contributed by atoms with Crippen LogP contribution in [-0.4, -0.2) is 34.7 Å². The van der Waals surface area contributed by atoms with Crippen LogP contribution in [0.3, 0.4) is 0 Å². The molecule has 1 unspecified atom stereocenters. The second-order valence-corrected chi connectivity index (χ2v) is 5.77. The quantitative estimate of drug-likeness (QED) is 0.663. The van der Waals surface area contributed by atoms with E-state index in [9.17, 15) is 0 Å². The number of nitrogens with zero attached hydrogens (tertiary/aromatic N) is 3. The number of anilines is 1. The zero-order chi connectivity index (χ0) is 17.5. The Morgan fingerprint density at radius 2 is 1.88 bits per heavy atom. The summed E-state index contributed by atoms with van der Waals surface area (Å²) in [5.74, 6) is 4.62. The summed E-state index contributed by atoms with van der Waals surface area (Å²) in [5, 5.41) is 3.33. The first kappa shape index (κ1) is 21.6. The molecule has 0 fully saturated rings. The van der Waals surface area contributed by atoms with E-state index in [1.165, 1.54) is 0 Å². The summed E-state index contributed by atoms with van der Waals surface area (Å²) in [6.45, 7) is 8.45. The topological polar surface area (TPSA) is 69.2 Å². The van der Waals surface area contributed by atoms with Gasteiger partial charge in [0.05, 0.1) is 13.2 Å². The number of aryl methyl sites for hydroxylation is 1. The minimum atomic E-state index is 0. The van der Waals surface area contributed by atoms with Crippen molar-refractivity contribution in [2.24, 2.45) is 0 Å². The Morgan fingerprint density at radius 3 is 2.52 bits per heavy atom. The number of benzene rings is 1. The standard InChI is InChI=1S/C18H25N4O2.Y/c1-6-14(11-24-16-9-7-8-15(10-16)23-5)21-18-20-13(4)19-17(22-18)12(2)3;/h7-10,14H,6,11H2,1-5H3,(H,19,20,21,22);/q-1;. The van der Waals surface area contributed by atoms with Crippen LogP contribution in [-0.2, 0) is 32.7 Å². The van der Waals surface area contributed by atoms with Crippen LogP contribution in [0.15, 0.2) is 24.3 Å². The summed E-state index contributed by atoms with van der Waals surface area (Å²) in [4.78, 5) is 13.2. The van der Waals surface area contributed by atoms with E-state index in [1.54, 1.807) is 7.11 Å². The van der Waals surface area contributed by atoms with Gasteiger partial charge in [-0.3, -0.25) is 4.98 Å².